The SMILES string of the molecule is COc1cncc(NCc2cn(-c3ccc(Cl)nc3)nc2CC(=O)O)c1. The first-order valence-electron chi connectivity index (χ1n) is 7.69. The first-order valence-corrected chi connectivity index (χ1v) is 8.07. The van der Waals surface area contributed by atoms with E-state index in [1.807, 2.05) is 0 Å². The van der Waals surface area contributed by atoms with Crippen LogP contribution < -0.4 is 10.1 Å². The molecule has 2 N–H and O–H groups in total. The fourth-order valence-corrected chi connectivity index (χ4v) is 2.46. The van der Waals surface area contributed by atoms with Gasteiger partial charge in [0.1, 0.15) is 10.9 Å². The third-order valence-electron chi connectivity index (χ3n) is 3.60. The molecule has 0 unspecified atom stereocenters. The quantitative estimate of drug-likeness (QED) is 0.613. The normalized spacial score (nSPS) is 10.5. The number of nitrogens with one attached hydrogen (secondary N) is 1. The molecule has 0 aliphatic rings. The number of aromatic nitrogens is 4. The van der Waals surface area contributed by atoms with Gasteiger partial charge in [-0.2, -0.15) is 5.10 Å². The minimum atomic E-state index is -0.950. The number of anilines is 1. The molecule has 0 aliphatic carbocycles. The number of ether oxygens (including phenoxy) is 1. The Morgan fingerprint density at radius 1 is 1.35 bits per heavy atom. The van der Waals surface area contributed by atoms with Crippen molar-refractivity contribution in [3.63, 3.8) is 0 Å². The molecule has 9 heteroatoms. The van der Waals surface area contributed by atoms with Crippen LogP contribution in [0.3, 0.4) is 0 Å². The molecule has 0 amide bonds. The second kappa shape index (κ2) is 7.83. The summed E-state index contributed by atoms with van der Waals surface area (Å²) in [5, 5.41) is 17.1. The fraction of sp³-hybridized carbons (Fsp3) is 0.176. The molecule has 3 aromatic heterocycles. The summed E-state index contributed by atoms with van der Waals surface area (Å²) in [5.74, 6) is -0.322. The molecular formula is C17H16ClN5O3. The number of methoxy groups -OCH3 is 1. The molecule has 3 aromatic rings. The van der Waals surface area contributed by atoms with Crippen LogP contribution in [0.4, 0.5) is 5.69 Å². The summed E-state index contributed by atoms with van der Waals surface area (Å²) in [5.41, 5.74) is 2.67. The summed E-state index contributed by atoms with van der Waals surface area (Å²) in [6.45, 7) is 0.387. The summed E-state index contributed by atoms with van der Waals surface area (Å²) >= 11 is 5.80. The van der Waals surface area contributed by atoms with Gasteiger partial charge in [0.2, 0.25) is 0 Å². The maximum atomic E-state index is 11.1. The van der Waals surface area contributed by atoms with Crippen LogP contribution >= 0.6 is 11.6 Å². The molecule has 8 nitrogen and oxygen atoms in total. The maximum Gasteiger partial charge on any atom is 0.309 e. The Kier molecular flexibility index (Phi) is 5.33. The number of halogens is 1. The van der Waals surface area contributed by atoms with Gasteiger partial charge in [0.25, 0.3) is 0 Å². The van der Waals surface area contributed by atoms with Crippen molar-refractivity contribution in [3.05, 3.63) is 59.4 Å². The first kappa shape index (κ1) is 17.7. The van der Waals surface area contributed by atoms with Gasteiger partial charge in [0.15, 0.2) is 0 Å². The van der Waals surface area contributed by atoms with Crippen molar-refractivity contribution in [3.8, 4) is 11.4 Å². The Labute approximate surface area is 154 Å². The fourth-order valence-electron chi connectivity index (χ4n) is 2.35. The number of hydrogen-bond acceptors (Lipinski definition) is 6. The monoisotopic (exact) mass is 373 g/mol. The molecular weight excluding hydrogens is 358 g/mol. The van der Waals surface area contributed by atoms with Crippen LogP contribution in [0.2, 0.25) is 5.15 Å². The molecule has 3 rings (SSSR count). The van der Waals surface area contributed by atoms with Crippen LogP contribution in [0.15, 0.2) is 43.0 Å². The van der Waals surface area contributed by atoms with Crippen molar-refractivity contribution in [2.24, 2.45) is 0 Å². The maximum absolute atomic E-state index is 11.1. The number of hydrogen-bond donors (Lipinski definition) is 2. The standard InChI is InChI=1S/C17H16ClN5O3/c1-26-14-4-12(7-19-9-14)20-6-11-10-23(22-15(11)5-17(24)25)13-2-3-16(18)21-8-13/h2-4,7-10,20H,5-6H2,1H3,(H,24,25). The molecule has 0 atom stereocenters. The highest BCUT2D eigenvalue weighted by atomic mass is 35.5. The van der Waals surface area contributed by atoms with Crippen molar-refractivity contribution >= 4 is 23.3 Å². The number of pyridine rings is 2. The van der Waals surface area contributed by atoms with E-state index in [1.165, 1.54) is 0 Å². The molecule has 134 valence electrons. The third-order valence-corrected chi connectivity index (χ3v) is 3.83. The summed E-state index contributed by atoms with van der Waals surface area (Å²) < 4.78 is 6.73. The van der Waals surface area contributed by atoms with Crippen molar-refractivity contribution in [2.75, 3.05) is 12.4 Å². The third kappa shape index (κ3) is 4.28. The van der Waals surface area contributed by atoms with Crippen LogP contribution in [-0.4, -0.2) is 37.9 Å². The number of rotatable bonds is 7. The van der Waals surface area contributed by atoms with E-state index >= 15 is 0 Å². The predicted molar refractivity (Wildman–Crippen MR) is 95.8 cm³/mol. The molecule has 0 bridgehead atoms. The molecule has 0 fully saturated rings. The highest BCUT2D eigenvalue weighted by Crippen LogP contribution is 2.18. The minimum Gasteiger partial charge on any atom is -0.495 e. The summed E-state index contributed by atoms with van der Waals surface area (Å²) in [6.07, 6.45) is 6.42. The van der Waals surface area contributed by atoms with E-state index in [2.05, 4.69) is 20.4 Å². The van der Waals surface area contributed by atoms with E-state index < -0.39 is 5.97 Å². The van der Waals surface area contributed by atoms with E-state index in [0.29, 0.717) is 28.8 Å². The molecule has 0 radical (unpaired) electrons. The number of carboxylic acid groups (broad SMARTS) is 1. The van der Waals surface area contributed by atoms with Gasteiger partial charge in [-0.3, -0.25) is 9.78 Å². The van der Waals surface area contributed by atoms with E-state index in [1.54, 1.807) is 54.8 Å². The van der Waals surface area contributed by atoms with Gasteiger partial charge in [-0.1, -0.05) is 11.6 Å². The number of aliphatic carboxylic acids is 1. The number of carboxylic acids is 1. The zero-order chi connectivity index (χ0) is 18.5. The topological polar surface area (TPSA) is 102 Å². The smallest absolute Gasteiger partial charge is 0.309 e. The lowest BCUT2D eigenvalue weighted by Crippen LogP contribution is -2.06. The highest BCUT2D eigenvalue weighted by molar-refractivity contribution is 6.29. The summed E-state index contributed by atoms with van der Waals surface area (Å²) in [4.78, 5) is 19.2. The lowest BCUT2D eigenvalue weighted by Gasteiger charge is -2.07. The van der Waals surface area contributed by atoms with Crippen molar-refractivity contribution in [1.29, 1.82) is 0 Å². The molecule has 26 heavy (non-hydrogen) atoms. The van der Waals surface area contributed by atoms with Gasteiger partial charge >= 0.3 is 5.97 Å². The van der Waals surface area contributed by atoms with E-state index in [9.17, 15) is 4.79 Å². The van der Waals surface area contributed by atoms with Crippen molar-refractivity contribution < 1.29 is 14.6 Å². The largest absolute Gasteiger partial charge is 0.495 e. The van der Waals surface area contributed by atoms with E-state index in [0.717, 1.165) is 11.3 Å². The Hall–Kier alpha value is -3.13. The van der Waals surface area contributed by atoms with Gasteiger partial charge in [-0.05, 0) is 12.1 Å². The summed E-state index contributed by atoms with van der Waals surface area (Å²) in [7, 11) is 1.57. The van der Waals surface area contributed by atoms with Crippen LogP contribution in [0.5, 0.6) is 5.75 Å². The average molecular weight is 374 g/mol. The molecule has 0 saturated heterocycles. The average Bonchev–Trinajstić information content (AvgIpc) is 3.02. The van der Waals surface area contributed by atoms with Crippen LogP contribution in [0.1, 0.15) is 11.3 Å². The van der Waals surface area contributed by atoms with Gasteiger partial charge in [-0.25, -0.2) is 9.67 Å². The van der Waals surface area contributed by atoms with Crippen LogP contribution in [0.25, 0.3) is 5.69 Å². The summed E-state index contributed by atoms with van der Waals surface area (Å²) in [6, 6.07) is 5.21. The van der Waals surface area contributed by atoms with Gasteiger partial charge in [0, 0.05) is 24.4 Å². The van der Waals surface area contributed by atoms with Gasteiger partial charge < -0.3 is 15.2 Å². The second-order valence-corrected chi connectivity index (χ2v) is 5.81. The molecule has 0 saturated carbocycles. The highest BCUT2D eigenvalue weighted by Gasteiger charge is 2.14. The Balaban J connectivity index is 1.84. The van der Waals surface area contributed by atoms with Gasteiger partial charge in [0.05, 0.1) is 49.2 Å². The Bertz CT molecular complexity index is 911. The van der Waals surface area contributed by atoms with Crippen LogP contribution in [-0.2, 0) is 17.8 Å². The van der Waals surface area contributed by atoms with E-state index in [-0.39, 0.29) is 6.42 Å². The van der Waals surface area contributed by atoms with Crippen molar-refractivity contribution in [2.45, 2.75) is 13.0 Å². The number of carbonyl (C=O) groups is 1. The number of nitrogens with zero attached hydrogens (tertiary/aromatic N) is 4. The lowest BCUT2D eigenvalue weighted by molar-refractivity contribution is -0.136. The minimum absolute atomic E-state index is 0.179. The molecule has 0 aliphatic heterocycles. The zero-order valence-corrected chi connectivity index (χ0v) is 14.6. The predicted octanol–water partition coefficient (Wildman–Crippen LogP) is 2.56. The first-order chi connectivity index (χ1) is 12.5. The lowest BCUT2D eigenvalue weighted by atomic mass is 10.2. The zero-order valence-electron chi connectivity index (χ0n) is 13.9. The van der Waals surface area contributed by atoms with E-state index in [4.69, 9.17) is 21.4 Å². The molecule has 0 aromatic carbocycles. The van der Waals surface area contributed by atoms with Crippen molar-refractivity contribution in [1.82, 2.24) is 19.7 Å². The van der Waals surface area contributed by atoms with Crippen LogP contribution in [0, 0.1) is 0 Å². The Morgan fingerprint density at radius 3 is 2.88 bits per heavy atom. The molecule has 3 heterocycles. The van der Waals surface area contributed by atoms with Gasteiger partial charge in [-0.15, -0.1) is 0 Å². The molecule has 0 spiro atoms. The Morgan fingerprint density at radius 2 is 2.19 bits per heavy atom. The second-order valence-electron chi connectivity index (χ2n) is 5.42.